The Kier molecular flexibility index (Phi) is 9.94. The topological polar surface area (TPSA) is 84.5 Å². The zero-order valence-electron chi connectivity index (χ0n) is 14.9. The molecule has 6 heteroatoms. The first-order valence-electron chi connectivity index (χ1n) is 8.06. The number of hydrogen-bond donors (Lipinski definition) is 2. The van der Waals surface area contributed by atoms with Gasteiger partial charge in [-0.2, -0.15) is 0 Å². The quantitative estimate of drug-likeness (QED) is 0.475. The van der Waals surface area contributed by atoms with Crippen molar-refractivity contribution in [3.8, 4) is 0 Å². The minimum absolute atomic E-state index is 0.0154. The minimum atomic E-state index is -0.439. The summed E-state index contributed by atoms with van der Waals surface area (Å²) in [7, 11) is 0. The van der Waals surface area contributed by atoms with Crippen molar-refractivity contribution in [1.82, 2.24) is 10.6 Å². The first kappa shape index (κ1) is 21.1. The third-order valence-electron chi connectivity index (χ3n) is 3.29. The van der Waals surface area contributed by atoms with Crippen LogP contribution in [-0.4, -0.2) is 36.0 Å². The van der Waals surface area contributed by atoms with Crippen LogP contribution in [0.3, 0.4) is 0 Å². The van der Waals surface area contributed by atoms with E-state index in [1.54, 1.807) is 13.8 Å². The van der Waals surface area contributed by atoms with Gasteiger partial charge in [0.25, 0.3) is 0 Å². The van der Waals surface area contributed by atoms with Gasteiger partial charge in [-0.25, -0.2) is 4.79 Å². The van der Waals surface area contributed by atoms with Crippen molar-refractivity contribution < 1.29 is 19.1 Å². The fourth-order valence-corrected chi connectivity index (χ4v) is 2.46. The van der Waals surface area contributed by atoms with Gasteiger partial charge in [-0.05, 0) is 26.7 Å². The van der Waals surface area contributed by atoms with Gasteiger partial charge >= 0.3 is 5.97 Å². The van der Waals surface area contributed by atoms with Gasteiger partial charge in [0.05, 0.1) is 0 Å². The Labute approximate surface area is 139 Å². The monoisotopic (exact) mass is 326 g/mol. The Bertz CT molecular complexity index is 434. The van der Waals surface area contributed by atoms with Crippen molar-refractivity contribution in [1.29, 1.82) is 0 Å². The second-order valence-corrected chi connectivity index (χ2v) is 6.05. The highest BCUT2D eigenvalue weighted by Gasteiger charge is 2.21. The fraction of sp³-hybridized carbons (Fsp3) is 0.706. The van der Waals surface area contributed by atoms with Crippen LogP contribution in [0.4, 0.5) is 0 Å². The summed E-state index contributed by atoms with van der Waals surface area (Å²) in [6.07, 6.45) is 2.49. The van der Waals surface area contributed by atoms with Crippen LogP contribution >= 0.6 is 0 Å². The second kappa shape index (κ2) is 10.8. The summed E-state index contributed by atoms with van der Waals surface area (Å²) in [5, 5.41) is 5.78. The summed E-state index contributed by atoms with van der Waals surface area (Å²) < 4.78 is 5.27. The molecule has 0 saturated heterocycles. The molecule has 0 bridgehead atoms. The molecule has 0 rings (SSSR count). The highest BCUT2D eigenvalue weighted by molar-refractivity contribution is 5.87. The number of carbonyl (C=O) groups is 3. The van der Waals surface area contributed by atoms with Crippen LogP contribution in [0.5, 0.6) is 0 Å². The van der Waals surface area contributed by atoms with Gasteiger partial charge in [0.15, 0.2) is 0 Å². The molecular weight excluding hydrogens is 296 g/mol. The zero-order valence-corrected chi connectivity index (χ0v) is 14.9. The number of rotatable bonds is 10. The van der Waals surface area contributed by atoms with E-state index >= 15 is 0 Å². The Morgan fingerprint density at radius 3 is 1.96 bits per heavy atom. The average molecular weight is 326 g/mol. The Morgan fingerprint density at radius 2 is 1.52 bits per heavy atom. The molecule has 0 fully saturated rings. The molecule has 132 valence electrons. The molecule has 3 unspecified atom stereocenters. The van der Waals surface area contributed by atoms with Gasteiger partial charge in [-0.15, -0.1) is 0 Å². The molecule has 0 heterocycles. The number of hydrogen-bond acceptors (Lipinski definition) is 4. The standard InChI is InChI=1S/C17H30N2O4/c1-7-8-15(18-13(5)20)10-16(19-14(6)21)9-12(4)23-17(22)11(2)3/h12,15-16H,2,7-10H2,1,3-6H3,(H,18,20)(H,19,21). The van der Waals surface area contributed by atoms with E-state index in [1.807, 2.05) is 6.92 Å². The first-order chi connectivity index (χ1) is 10.6. The lowest BCUT2D eigenvalue weighted by atomic mass is 9.98. The highest BCUT2D eigenvalue weighted by Crippen LogP contribution is 2.13. The van der Waals surface area contributed by atoms with Crippen LogP contribution in [0.25, 0.3) is 0 Å². The summed E-state index contributed by atoms with van der Waals surface area (Å²) in [6, 6.07) is -0.192. The molecule has 0 aliphatic carbocycles. The smallest absolute Gasteiger partial charge is 0.333 e. The Morgan fingerprint density at radius 1 is 1.00 bits per heavy atom. The normalized spacial score (nSPS) is 14.3. The van der Waals surface area contributed by atoms with E-state index in [4.69, 9.17) is 4.74 Å². The highest BCUT2D eigenvalue weighted by atomic mass is 16.5. The lowest BCUT2D eigenvalue weighted by molar-refractivity contribution is -0.143. The molecule has 0 saturated carbocycles. The molecule has 0 aromatic heterocycles. The number of amides is 2. The number of nitrogens with one attached hydrogen (secondary N) is 2. The van der Waals surface area contributed by atoms with E-state index in [0.717, 1.165) is 12.8 Å². The maximum absolute atomic E-state index is 11.6. The molecule has 0 spiro atoms. The van der Waals surface area contributed by atoms with E-state index < -0.39 is 5.97 Å². The van der Waals surface area contributed by atoms with Crippen LogP contribution in [-0.2, 0) is 19.1 Å². The van der Waals surface area contributed by atoms with E-state index in [-0.39, 0.29) is 30.0 Å². The maximum atomic E-state index is 11.6. The van der Waals surface area contributed by atoms with Crippen molar-refractivity contribution in [3.05, 3.63) is 12.2 Å². The molecule has 0 aliphatic rings. The Balaban J connectivity index is 4.77. The number of esters is 1. The van der Waals surface area contributed by atoms with Crippen molar-refractivity contribution >= 4 is 17.8 Å². The summed E-state index contributed by atoms with van der Waals surface area (Å²) in [5.41, 5.74) is 0.343. The summed E-state index contributed by atoms with van der Waals surface area (Å²) in [5.74, 6) is -0.677. The Hall–Kier alpha value is -1.85. The van der Waals surface area contributed by atoms with E-state index in [1.165, 1.54) is 13.8 Å². The van der Waals surface area contributed by atoms with Crippen LogP contribution in [0.2, 0.25) is 0 Å². The van der Waals surface area contributed by atoms with Crippen LogP contribution in [0, 0.1) is 0 Å². The van der Waals surface area contributed by atoms with Gasteiger partial charge in [-0.1, -0.05) is 19.9 Å². The van der Waals surface area contributed by atoms with Crippen LogP contribution < -0.4 is 10.6 Å². The van der Waals surface area contributed by atoms with Gasteiger partial charge in [0.2, 0.25) is 11.8 Å². The lowest BCUT2D eigenvalue weighted by Gasteiger charge is -2.26. The molecule has 2 amide bonds. The zero-order chi connectivity index (χ0) is 18.0. The van der Waals surface area contributed by atoms with Crippen molar-refractivity contribution in [3.63, 3.8) is 0 Å². The first-order valence-corrected chi connectivity index (χ1v) is 8.06. The average Bonchev–Trinajstić information content (AvgIpc) is 2.36. The van der Waals surface area contributed by atoms with Gasteiger partial charge < -0.3 is 15.4 Å². The largest absolute Gasteiger partial charge is 0.459 e. The predicted molar refractivity (Wildman–Crippen MR) is 89.7 cm³/mol. The third-order valence-corrected chi connectivity index (χ3v) is 3.29. The minimum Gasteiger partial charge on any atom is -0.459 e. The van der Waals surface area contributed by atoms with Crippen molar-refractivity contribution in [2.24, 2.45) is 0 Å². The molecule has 0 aromatic carbocycles. The molecule has 23 heavy (non-hydrogen) atoms. The lowest BCUT2D eigenvalue weighted by Crippen LogP contribution is -2.43. The molecule has 2 N–H and O–H groups in total. The fourth-order valence-electron chi connectivity index (χ4n) is 2.46. The summed E-state index contributed by atoms with van der Waals surface area (Å²) >= 11 is 0. The molecule has 0 aromatic rings. The molecule has 6 nitrogen and oxygen atoms in total. The predicted octanol–water partition coefficient (Wildman–Crippen LogP) is 2.08. The molecule has 3 atom stereocenters. The van der Waals surface area contributed by atoms with E-state index in [2.05, 4.69) is 17.2 Å². The van der Waals surface area contributed by atoms with Gasteiger partial charge in [-0.3, -0.25) is 9.59 Å². The maximum Gasteiger partial charge on any atom is 0.333 e. The molecular formula is C17H30N2O4. The third kappa shape index (κ3) is 10.5. The van der Waals surface area contributed by atoms with Crippen molar-refractivity contribution in [2.45, 2.75) is 78.5 Å². The van der Waals surface area contributed by atoms with Gasteiger partial charge in [0.1, 0.15) is 6.10 Å². The number of carbonyl (C=O) groups excluding carboxylic acids is 3. The number of ether oxygens (including phenoxy) is 1. The molecule has 0 aliphatic heterocycles. The molecule has 0 radical (unpaired) electrons. The van der Waals surface area contributed by atoms with Gasteiger partial charge in [0, 0.05) is 37.9 Å². The summed E-state index contributed by atoms with van der Waals surface area (Å²) in [6.45, 7) is 11.9. The van der Waals surface area contributed by atoms with Crippen LogP contribution in [0.1, 0.15) is 60.3 Å². The van der Waals surface area contributed by atoms with Crippen LogP contribution in [0.15, 0.2) is 12.2 Å². The summed E-state index contributed by atoms with van der Waals surface area (Å²) in [4.78, 5) is 34.3. The SMILES string of the molecule is C=C(C)C(=O)OC(C)CC(CC(CCC)NC(C)=O)NC(C)=O. The second-order valence-electron chi connectivity index (χ2n) is 6.05. The van der Waals surface area contributed by atoms with E-state index in [9.17, 15) is 14.4 Å². The van der Waals surface area contributed by atoms with E-state index in [0.29, 0.717) is 18.4 Å². The van der Waals surface area contributed by atoms with Crippen molar-refractivity contribution in [2.75, 3.05) is 0 Å².